The number of imidazole rings is 1. The van der Waals surface area contributed by atoms with Crippen LogP contribution in [-0.2, 0) is 13.5 Å². The fourth-order valence-electron chi connectivity index (χ4n) is 1.44. The van der Waals surface area contributed by atoms with Crippen LogP contribution in [0.5, 0.6) is 0 Å². The van der Waals surface area contributed by atoms with E-state index in [2.05, 4.69) is 9.97 Å². The lowest BCUT2D eigenvalue weighted by Gasteiger charge is -2.03. The molecule has 82 valence electrons. The predicted molar refractivity (Wildman–Crippen MR) is 59.9 cm³/mol. The van der Waals surface area contributed by atoms with E-state index in [4.69, 9.17) is 5.73 Å². The summed E-state index contributed by atoms with van der Waals surface area (Å²) in [7, 11) is 1.84. The summed E-state index contributed by atoms with van der Waals surface area (Å²) < 4.78 is 1.80. The second-order valence-electron chi connectivity index (χ2n) is 3.50. The Hall–Kier alpha value is -2.17. The topological polar surface area (TPSA) is 73.8 Å². The minimum absolute atomic E-state index is 0.118. The van der Waals surface area contributed by atoms with Gasteiger partial charge >= 0.3 is 0 Å². The quantitative estimate of drug-likeness (QED) is 0.771. The summed E-state index contributed by atoms with van der Waals surface area (Å²) >= 11 is 0. The highest BCUT2D eigenvalue weighted by molar-refractivity contribution is 5.99. The van der Waals surface area contributed by atoms with Crippen molar-refractivity contribution in [3.8, 4) is 0 Å². The second kappa shape index (κ2) is 4.14. The van der Waals surface area contributed by atoms with E-state index in [1.54, 1.807) is 35.3 Å². The van der Waals surface area contributed by atoms with Gasteiger partial charge in [0, 0.05) is 25.6 Å². The van der Waals surface area contributed by atoms with Crippen LogP contribution in [0.25, 0.3) is 0 Å². The van der Waals surface area contributed by atoms with Gasteiger partial charge in [0.15, 0.2) is 5.78 Å². The number of nitrogens with zero attached hydrogens (tertiary/aromatic N) is 3. The number of nitrogen functional groups attached to an aromatic ring is 1. The third kappa shape index (κ3) is 1.93. The smallest absolute Gasteiger partial charge is 0.190 e. The van der Waals surface area contributed by atoms with Gasteiger partial charge in [-0.2, -0.15) is 0 Å². The van der Waals surface area contributed by atoms with Crippen LogP contribution >= 0.6 is 0 Å². The summed E-state index contributed by atoms with van der Waals surface area (Å²) in [5.74, 6) is 0.586. The molecule has 0 aliphatic rings. The van der Waals surface area contributed by atoms with E-state index >= 15 is 0 Å². The summed E-state index contributed by atoms with van der Waals surface area (Å²) in [6, 6.07) is 3.37. The van der Waals surface area contributed by atoms with E-state index in [0.29, 0.717) is 17.2 Å². The van der Waals surface area contributed by atoms with Gasteiger partial charge in [-0.25, -0.2) is 4.98 Å². The van der Waals surface area contributed by atoms with Crippen LogP contribution in [-0.4, -0.2) is 20.3 Å². The predicted octanol–water partition coefficient (Wildman–Crippen LogP) is 0.823. The number of hydrogen-bond donors (Lipinski definition) is 1. The van der Waals surface area contributed by atoms with Crippen molar-refractivity contribution in [2.24, 2.45) is 7.05 Å². The maximum atomic E-state index is 11.9. The van der Waals surface area contributed by atoms with Crippen LogP contribution in [0.3, 0.4) is 0 Å². The minimum atomic E-state index is -0.118. The van der Waals surface area contributed by atoms with Crippen molar-refractivity contribution in [3.05, 3.63) is 42.2 Å². The third-order valence-electron chi connectivity index (χ3n) is 2.34. The number of carbonyl (C=O) groups excluding carboxylic acids is 1. The molecule has 0 fully saturated rings. The molecule has 0 aliphatic heterocycles. The fourth-order valence-corrected chi connectivity index (χ4v) is 1.44. The van der Waals surface area contributed by atoms with Crippen LogP contribution in [0.15, 0.2) is 30.7 Å². The Morgan fingerprint density at radius 1 is 1.44 bits per heavy atom. The van der Waals surface area contributed by atoms with E-state index in [1.807, 2.05) is 7.05 Å². The molecule has 0 radical (unpaired) electrons. The van der Waals surface area contributed by atoms with Crippen molar-refractivity contribution in [1.29, 1.82) is 0 Å². The van der Waals surface area contributed by atoms with Crippen molar-refractivity contribution >= 4 is 11.5 Å². The number of nitrogens with two attached hydrogens (primary N) is 1. The SMILES string of the molecule is Cn1ccnc1CC(=O)c1ncccc1N. The summed E-state index contributed by atoms with van der Waals surface area (Å²) in [4.78, 5) is 20.0. The summed E-state index contributed by atoms with van der Waals surface area (Å²) in [6.07, 6.45) is 5.22. The molecule has 0 amide bonds. The number of pyridine rings is 1. The lowest BCUT2D eigenvalue weighted by molar-refractivity contribution is 0.0986. The molecule has 2 aromatic heterocycles. The second-order valence-corrected chi connectivity index (χ2v) is 3.50. The number of Topliss-reactive ketones (excluding diaryl/α,β-unsaturated/α-hetero) is 1. The zero-order valence-electron chi connectivity index (χ0n) is 8.92. The number of rotatable bonds is 3. The molecule has 0 saturated heterocycles. The first-order valence-electron chi connectivity index (χ1n) is 4.88. The number of ketones is 1. The standard InChI is InChI=1S/C11H12N4O/c1-15-6-5-13-10(15)7-9(16)11-8(12)3-2-4-14-11/h2-6H,7,12H2,1H3. The molecule has 0 unspecified atom stereocenters. The van der Waals surface area contributed by atoms with Crippen molar-refractivity contribution in [2.75, 3.05) is 5.73 Å². The zero-order chi connectivity index (χ0) is 11.5. The highest BCUT2D eigenvalue weighted by Gasteiger charge is 2.13. The fraction of sp³-hybridized carbons (Fsp3) is 0.182. The molecule has 5 nitrogen and oxygen atoms in total. The Balaban J connectivity index is 2.22. The van der Waals surface area contributed by atoms with Crippen molar-refractivity contribution in [2.45, 2.75) is 6.42 Å². The molecule has 0 bridgehead atoms. The van der Waals surface area contributed by atoms with Crippen LogP contribution in [0.1, 0.15) is 16.3 Å². The summed E-state index contributed by atoms with van der Waals surface area (Å²) in [5.41, 5.74) is 6.39. The van der Waals surface area contributed by atoms with E-state index in [-0.39, 0.29) is 12.2 Å². The molecule has 5 heteroatoms. The molecule has 0 atom stereocenters. The lowest BCUT2D eigenvalue weighted by atomic mass is 10.1. The molecule has 2 heterocycles. The Kier molecular flexibility index (Phi) is 2.68. The van der Waals surface area contributed by atoms with Crippen molar-refractivity contribution < 1.29 is 4.79 Å². The van der Waals surface area contributed by atoms with Gasteiger partial charge in [-0.15, -0.1) is 0 Å². The number of carbonyl (C=O) groups is 1. The first-order valence-corrected chi connectivity index (χ1v) is 4.88. The molecular formula is C11H12N4O. The van der Waals surface area contributed by atoms with Crippen LogP contribution in [0, 0.1) is 0 Å². The van der Waals surface area contributed by atoms with Crippen LogP contribution < -0.4 is 5.73 Å². The van der Waals surface area contributed by atoms with Gasteiger partial charge in [0.05, 0.1) is 12.1 Å². The van der Waals surface area contributed by atoms with Crippen molar-refractivity contribution in [3.63, 3.8) is 0 Å². The van der Waals surface area contributed by atoms with Gasteiger partial charge in [-0.1, -0.05) is 0 Å². The Morgan fingerprint density at radius 2 is 2.25 bits per heavy atom. The molecule has 2 N–H and O–H groups in total. The molecule has 2 aromatic rings. The average molecular weight is 216 g/mol. The number of hydrogen-bond acceptors (Lipinski definition) is 4. The molecule has 0 saturated carbocycles. The molecule has 2 rings (SSSR count). The first-order chi connectivity index (χ1) is 7.68. The third-order valence-corrected chi connectivity index (χ3v) is 2.34. The number of anilines is 1. The normalized spacial score (nSPS) is 10.3. The van der Waals surface area contributed by atoms with Crippen LogP contribution in [0.4, 0.5) is 5.69 Å². The zero-order valence-corrected chi connectivity index (χ0v) is 8.92. The Bertz CT molecular complexity index is 518. The van der Waals surface area contributed by atoms with Gasteiger partial charge in [-0.3, -0.25) is 9.78 Å². The highest BCUT2D eigenvalue weighted by atomic mass is 16.1. The van der Waals surface area contributed by atoms with Crippen LogP contribution in [0.2, 0.25) is 0 Å². The summed E-state index contributed by atoms with van der Waals surface area (Å²) in [5, 5.41) is 0. The average Bonchev–Trinajstić information content (AvgIpc) is 2.65. The van der Waals surface area contributed by atoms with Gasteiger partial charge < -0.3 is 10.3 Å². The minimum Gasteiger partial charge on any atom is -0.397 e. The number of aromatic nitrogens is 3. The molecule has 16 heavy (non-hydrogen) atoms. The van der Waals surface area contributed by atoms with E-state index in [0.717, 1.165) is 0 Å². The van der Waals surface area contributed by atoms with E-state index in [9.17, 15) is 4.79 Å². The molecule has 0 aromatic carbocycles. The van der Waals surface area contributed by atoms with Gasteiger partial charge in [-0.05, 0) is 12.1 Å². The number of aryl methyl sites for hydroxylation is 1. The first kappa shape index (κ1) is 10.4. The lowest BCUT2D eigenvalue weighted by Crippen LogP contribution is -2.12. The Labute approximate surface area is 92.9 Å². The monoisotopic (exact) mass is 216 g/mol. The van der Waals surface area contributed by atoms with Crippen molar-refractivity contribution in [1.82, 2.24) is 14.5 Å². The summed E-state index contributed by atoms with van der Waals surface area (Å²) in [6.45, 7) is 0. The van der Waals surface area contributed by atoms with E-state index in [1.165, 1.54) is 0 Å². The van der Waals surface area contributed by atoms with Gasteiger partial charge in [0.2, 0.25) is 0 Å². The largest absolute Gasteiger partial charge is 0.397 e. The Morgan fingerprint density at radius 3 is 2.88 bits per heavy atom. The van der Waals surface area contributed by atoms with E-state index < -0.39 is 0 Å². The van der Waals surface area contributed by atoms with Gasteiger partial charge in [0.25, 0.3) is 0 Å². The maximum Gasteiger partial charge on any atom is 0.190 e. The molecule has 0 aliphatic carbocycles. The molecular weight excluding hydrogens is 204 g/mol. The highest BCUT2D eigenvalue weighted by Crippen LogP contribution is 2.10. The maximum absolute atomic E-state index is 11.9. The van der Waals surface area contributed by atoms with Gasteiger partial charge in [0.1, 0.15) is 11.5 Å². The molecule has 0 spiro atoms.